The summed E-state index contributed by atoms with van der Waals surface area (Å²) < 4.78 is 0. The minimum absolute atomic E-state index is 0.207. The number of rotatable bonds is 2. The van der Waals surface area contributed by atoms with Crippen LogP contribution in [0.5, 0.6) is 0 Å². The number of H-pyrrole nitrogens is 1. The molecule has 1 atom stereocenters. The van der Waals surface area contributed by atoms with Gasteiger partial charge in [-0.3, -0.25) is 9.59 Å². The normalized spacial score (nSPS) is 16.5. The SMILES string of the molecule is O=C(N[C@H]1Cc2ccccc2NC1=O)c1cc2cc(Cl)ccc2[nH]1. The molecule has 0 bridgehead atoms. The summed E-state index contributed by atoms with van der Waals surface area (Å²) in [4.78, 5) is 27.7. The van der Waals surface area contributed by atoms with Crippen LogP contribution in [0.4, 0.5) is 5.69 Å². The average molecular weight is 340 g/mol. The van der Waals surface area contributed by atoms with E-state index in [-0.39, 0.29) is 11.8 Å². The number of para-hydroxylation sites is 1. The van der Waals surface area contributed by atoms with Crippen LogP contribution >= 0.6 is 11.6 Å². The van der Waals surface area contributed by atoms with Crippen LogP contribution < -0.4 is 10.6 Å². The maximum atomic E-state index is 12.5. The first-order valence-electron chi connectivity index (χ1n) is 7.58. The van der Waals surface area contributed by atoms with Gasteiger partial charge < -0.3 is 15.6 Å². The Morgan fingerprint density at radius 3 is 2.88 bits per heavy atom. The Balaban J connectivity index is 1.56. The van der Waals surface area contributed by atoms with Crippen LogP contribution in [-0.4, -0.2) is 22.8 Å². The second kappa shape index (κ2) is 5.69. The number of carbonyl (C=O) groups excluding carboxylic acids is 2. The van der Waals surface area contributed by atoms with Crippen molar-refractivity contribution in [2.24, 2.45) is 0 Å². The van der Waals surface area contributed by atoms with Crippen molar-refractivity contribution in [2.45, 2.75) is 12.5 Å². The second-order valence-corrected chi connectivity index (χ2v) is 6.23. The van der Waals surface area contributed by atoms with E-state index in [1.165, 1.54) is 0 Å². The molecule has 1 aliphatic heterocycles. The van der Waals surface area contributed by atoms with E-state index in [4.69, 9.17) is 11.6 Å². The molecular formula is C18H14ClN3O2. The van der Waals surface area contributed by atoms with Crippen LogP contribution in [-0.2, 0) is 11.2 Å². The molecule has 24 heavy (non-hydrogen) atoms. The van der Waals surface area contributed by atoms with E-state index in [0.29, 0.717) is 17.1 Å². The monoisotopic (exact) mass is 339 g/mol. The number of hydrogen-bond donors (Lipinski definition) is 3. The van der Waals surface area contributed by atoms with Gasteiger partial charge in [0.1, 0.15) is 11.7 Å². The van der Waals surface area contributed by atoms with Crippen molar-refractivity contribution in [2.75, 3.05) is 5.32 Å². The van der Waals surface area contributed by atoms with E-state index in [0.717, 1.165) is 22.2 Å². The van der Waals surface area contributed by atoms with Crippen molar-refractivity contribution >= 4 is 40.0 Å². The first-order chi connectivity index (χ1) is 11.6. The highest BCUT2D eigenvalue weighted by Crippen LogP contribution is 2.23. The fraction of sp³-hybridized carbons (Fsp3) is 0.111. The van der Waals surface area contributed by atoms with Crippen LogP contribution in [0.1, 0.15) is 16.1 Å². The van der Waals surface area contributed by atoms with Gasteiger partial charge in [-0.2, -0.15) is 0 Å². The summed E-state index contributed by atoms with van der Waals surface area (Å²) in [5.74, 6) is -0.525. The van der Waals surface area contributed by atoms with Gasteiger partial charge in [0.2, 0.25) is 5.91 Å². The van der Waals surface area contributed by atoms with Gasteiger partial charge in [0.15, 0.2) is 0 Å². The lowest BCUT2D eigenvalue weighted by Crippen LogP contribution is -2.47. The topological polar surface area (TPSA) is 74.0 Å². The molecule has 5 nitrogen and oxygen atoms in total. The Morgan fingerprint density at radius 2 is 2.00 bits per heavy atom. The van der Waals surface area contributed by atoms with E-state index >= 15 is 0 Å². The van der Waals surface area contributed by atoms with Crippen molar-refractivity contribution in [3.63, 3.8) is 0 Å². The van der Waals surface area contributed by atoms with Gasteiger partial charge in [0.25, 0.3) is 5.91 Å². The standard InChI is InChI=1S/C18H14ClN3O2/c19-12-5-6-14-11(7-12)9-15(20-14)17(23)22-16-8-10-3-1-2-4-13(10)21-18(16)24/h1-7,9,16,20H,8H2,(H,21,24)(H,22,23)/t16-/m0/s1. The molecule has 0 spiro atoms. The van der Waals surface area contributed by atoms with Gasteiger partial charge in [0.05, 0.1) is 0 Å². The summed E-state index contributed by atoms with van der Waals surface area (Å²) in [5, 5.41) is 7.07. The zero-order valence-corrected chi connectivity index (χ0v) is 13.4. The van der Waals surface area contributed by atoms with Crippen molar-refractivity contribution in [1.29, 1.82) is 0 Å². The Bertz CT molecular complexity index is 964. The molecule has 2 aromatic carbocycles. The number of hydrogen-bond acceptors (Lipinski definition) is 2. The Morgan fingerprint density at radius 1 is 1.17 bits per heavy atom. The van der Waals surface area contributed by atoms with Crippen molar-refractivity contribution in [1.82, 2.24) is 10.3 Å². The molecule has 1 aromatic heterocycles. The first-order valence-corrected chi connectivity index (χ1v) is 7.96. The van der Waals surface area contributed by atoms with Crippen LogP contribution in [0.3, 0.4) is 0 Å². The molecule has 0 aliphatic carbocycles. The summed E-state index contributed by atoms with van der Waals surface area (Å²) >= 11 is 5.96. The van der Waals surface area contributed by atoms with Crippen LogP contribution in [0.2, 0.25) is 5.02 Å². The molecule has 0 saturated carbocycles. The zero-order chi connectivity index (χ0) is 16.7. The number of fused-ring (bicyclic) bond motifs is 2. The van der Waals surface area contributed by atoms with E-state index in [9.17, 15) is 9.59 Å². The van der Waals surface area contributed by atoms with E-state index in [1.54, 1.807) is 18.2 Å². The highest BCUT2D eigenvalue weighted by atomic mass is 35.5. The number of halogens is 1. The molecule has 0 radical (unpaired) electrons. The molecular weight excluding hydrogens is 326 g/mol. The summed E-state index contributed by atoms with van der Waals surface area (Å²) in [6.07, 6.45) is 0.472. The van der Waals surface area contributed by atoms with Crippen molar-refractivity contribution < 1.29 is 9.59 Å². The molecule has 3 N–H and O–H groups in total. The fourth-order valence-electron chi connectivity index (χ4n) is 2.93. The number of anilines is 1. The van der Waals surface area contributed by atoms with Crippen LogP contribution in [0, 0.1) is 0 Å². The average Bonchev–Trinajstić information content (AvgIpc) is 2.98. The van der Waals surface area contributed by atoms with Gasteiger partial charge in [-0.15, -0.1) is 0 Å². The van der Waals surface area contributed by atoms with E-state index in [2.05, 4.69) is 15.6 Å². The molecule has 2 heterocycles. The highest BCUT2D eigenvalue weighted by Gasteiger charge is 2.27. The van der Waals surface area contributed by atoms with Gasteiger partial charge in [-0.25, -0.2) is 0 Å². The van der Waals surface area contributed by atoms with Crippen molar-refractivity contribution in [3.05, 3.63) is 64.8 Å². The summed E-state index contributed by atoms with van der Waals surface area (Å²) in [6, 6.07) is 14.1. The summed E-state index contributed by atoms with van der Waals surface area (Å²) in [7, 11) is 0. The highest BCUT2D eigenvalue weighted by molar-refractivity contribution is 6.31. The van der Waals surface area contributed by atoms with Gasteiger partial charge in [-0.05, 0) is 35.9 Å². The van der Waals surface area contributed by atoms with Gasteiger partial charge in [0, 0.05) is 28.0 Å². The Hall–Kier alpha value is -2.79. The number of benzene rings is 2. The number of carbonyl (C=O) groups is 2. The lowest BCUT2D eigenvalue weighted by atomic mass is 9.99. The third-order valence-electron chi connectivity index (χ3n) is 4.15. The Kier molecular flexibility index (Phi) is 3.50. The van der Waals surface area contributed by atoms with Crippen LogP contribution in [0.25, 0.3) is 10.9 Å². The van der Waals surface area contributed by atoms with E-state index < -0.39 is 6.04 Å². The molecule has 3 aromatic rings. The molecule has 2 amide bonds. The lowest BCUT2D eigenvalue weighted by molar-refractivity contribution is -0.118. The molecule has 0 unspecified atom stereocenters. The van der Waals surface area contributed by atoms with E-state index in [1.807, 2.05) is 30.3 Å². The molecule has 6 heteroatoms. The predicted molar refractivity (Wildman–Crippen MR) is 93.3 cm³/mol. The molecule has 120 valence electrons. The molecule has 0 fully saturated rings. The second-order valence-electron chi connectivity index (χ2n) is 5.79. The smallest absolute Gasteiger partial charge is 0.268 e. The summed E-state index contributed by atoms with van der Waals surface area (Å²) in [5.41, 5.74) is 3.03. The van der Waals surface area contributed by atoms with Crippen LogP contribution in [0.15, 0.2) is 48.5 Å². The molecule has 0 saturated heterocycles. The maximum absolute atomic E-state index is 12.5. The summed E-state index contributed by atoms with van der Waals surface area (Å²) in [6.45, 7) is 0. The maximum Gasteiger partial charge on any atom is 0.268 e. The van der Waals surface area contributed by atoms with Gasteiger partial charge in [-0.1, -0.05) is 29.8 Å². The third kappa shape index (κ3) is 2.63. The lowest BCUT2D eigenvalue weighted by Gasteiger charge is -2.25. The minimum Gasteiger partial charge on any atom is -0.351 e. The predicted octanol–water partition coefficient (Wildman–Crippen LogP) is 3.11. The number of amides is 2. The third-order valence-corrected chi connectivity index (χ3v) is 4.38. The Labute approximate surface area is 143 Å². The van der Waals surface area contributed by atoms with Crippen molar-refractivity contribution in [3.8, 4) is 0 Å². The van der Waals surface area contributed by atoms with Gasteiger partial charge >= 0.3 is 0 Å². The first kappa shape index (κ1) is 14.8. The largest absolute Gasteiger partial charge is 0.351 e. The molecule has 4 rings (SSSR count). The minimum atomic E-state index is -0.595. The quantitative estimate of drug-likeness (QED) is 0.671. The number of aromatic amines is 1. The number of aromatic nitrogens is 1. The fourth-order valence-corrected chi connectivity index (χ4v) is 3.11. The molecule has 1 aliphatic rings. The zero-order valence-electron chi connectivity index (χ0n) is 12.6. The number of nitrogens with one attached hydrogen (secondary N) is 3.